The molecule has 22 heavy (non-hydrogen) atoms. The van der Waals surface area contributed by atoms with Gasteiger partial charge in [0.15, 0.2) is 0 Å². The van der Waals surface area contributed by atoms with E-state index in [1.807, 2.05) is 6.92 Å². The zero-order valence-electron chi connectivity index (χ0n) is 12.8. The Morgan fingerprint density at radius 1 is 1.05 bits per heavy atom. The van der Waals surface area contributed by atoms with Crippen molar-refractivity contribution in [3.63, 3.8) is 0 Å². The number of carbonyl (C=O) groups is 1. The normalized spacial score (nSPS) is 39.0. The van der Waals surface area contributed by atoms with E-state index in [4.69, 9.17) is 39.5 Å². The Morgan fingerprint density at radius 2 is 1.50 bits per heavy atom. The zero-order valence-corrected chi connectivity index (χ0v) is 12.8. The largest absolute Gasteiger partial charge is 0.480 e. The van der Waals surface area contributed by atoms with Gasteiger partial charge in [-0.2, -0.15) is 0 Å². The number of carboxylic acid groups (broad SMARTS) is 1. The Hall–Kier alpha value is -0.810. The van der Waals surface area contributed by atoms with Crippen molar-refractivity contribution in [2.45, 2.75) is 38.6 Å². The molecule has 0 unspecified atom stereocenters. The van der Waals surface area contributed by atoms with Gasteiger partial charge < -0.3 is 28.8 Å². The summed E-state index contributed by atoms with van der Waals surface area (Å²) < 4.78 is 27.7. The molecular formula is C13H23NO8. The molecule has 0 saturated carbocycles. The van der Waals surface area contributed by atoms with Crippen molar-refractivity contribution in [2.24, 2.45) is 11.3 Å². The second kappa shape index (κ2) is 6.75. The number of nitrogens with two attached hydrogens (primary N) is 1. The van der Waals surface area contributed by atoms with Gasteiger partial charge in [-0.3, -0.25) is 0 Å². The molecule has 0 aromatic heterocycles. The van der Waals surface area contributed by atoms with Crippen LogP contribution in [-0.4, -0.2) is 56.1 Å². The van der Waals surface area contributed by atoms with Crippen molar-refractivity contribution in [3.05, 3.63) is 0 Å². The van der Waals surface area contributed by atoms with Crippen LogP contribution in [0.15, 0.2) is 0 Å². The molecule has 0 aliphatic carbocycles. The predicted molar refractivity (Wildman–Crippen MR) is 71.1 cm³/mol. The topological polar surface area (TPSA) is 119 Å². The van der Waals surface area contributed by atoms with Crippen LogP contribution in [0.3, 0.4) is 0 Å². The molecule has 0 atom stereocenters. The fraction of sp³-hybridized carbons (Fsp3) is 0.923. The summed E-state index contributed by atoms with van der Waals surface area (Å²) in [4.78, 5) is 15.4. The van der Waals surface area contributed by atoms with E-state index in [9.17, 15) is 4.79 Å². The molecule has 2 rings (SSSR count). The Bertz CT molecular complexity index is 378. The van der Waals surface area contributed by atoms with Crippen LogP contribution in [0.2, 0.25) is 0 Å². The van der Waals surface area contributed by atoms with Crippen LogP contribution < -0.4 is 5.90 Å². The number of hydrogen-bond acceptors (Lipinski definition) is 8. The van der Waals surface area contributed by atoms with Gasteiger partial charge >= 0.3 is 5.97 Å². The molecule has 2 heterocycles. The smallest absolute Gasteiger partial charge is 0.329 e. The third-order valence-electron chi connectivity index (χ3n) is 3.85. The highest BCUT2D eigenvalue weighted by Crippen LogP contribution is 2.38. The number of carboxylic acids is 1. The number of aliphatic carboxylic acids is 1. The van der Waals surface area contributed by atoms with Gasteiger partial charge in [0.1, 0.15) is 6.61 Å². The molecule has 2 fully saturated rings. The third-order valence-corrected chi connectivity index (χ3v) is 3.85. The van der Waals surface area contributed by atoms with E-state index in [0.717, 1.165) is 0 Å². The zero-order chi connectivity index (χ0) is 16.3. The van der Waals surface area contributed by atoms with Crippen molar-refractivity contribution in [1.29, 1.82) is 0 Å². The van der Waals surface area contributed by atoms with E-state index < -0.39 is 29.9 Å². The fourth-order valence-electron chi connectivity index (χ4n) is 2.30. The molecule has 3 N–H and O–H groups in total. The van der Waals surface area contributed by atoms with E-state index in [1.54, 1.807) is 6.92 Å². The van der Waals surface area contributed by atoms with Crippen molar-refractivity contribution in [1.82, 2.24) is 0 Å². The molecular weight excluding hydrogens is 298 g/mol. The van der Waals surface area contributed by atoms with Gasteiger partial charge in [-0.05, 0) is 0 Å². The van der Waals surface area contributed by atoms with Crippen molar-refractivity contribution < 1.29 is 38.4 Å². The molecule has 0 aromatic rings. The average Bonchev–Trinajstić information content (AvgIpc) is 2.56. The molecule has 1 spiro atoms. The molecule has 0 amide bonds. The average molecular weight is 321 g/mol. The Balaban J connectivity index is 1.92. The van der Waals surface area contributed by atoms with Gasteiger partial charge in [0.25, 0.3) is 11.9 Å². The summed E-state index contributed by atoms with van der Waals surface area (Å²) in [5.41, 5.74) is -0.498. The summed E-state index contributed by atoms with van der Waals surface area (Å²) in [6.07, 6.45) is 0.810. The summed E-state index contributed by atoms with van der Waals surface area (Å²) in [7, 11) is 0. The molecule has 9 heteroatoms. The van der Waals surface area contributed by atoms with Gasteiger partial charge in [0.05, 0.1) is 31.8 Å². The lowest BCUT2D eigenvalue weighted by molar-refractivity contribution is -0.465. The number of hydrogen-bond donors (Lipinski definition) is 2. The van der Waals surface area contributed by atoms with Crippen molar-refractivity contribution in [3.8, 4) is 0 Å². The van der Waals surface area contributed by atoms with Crippen LogP contribution in [0.4, 0.5) is 0 Å². The van der Waals surface area contributed by atoms with Crippen molar-refractivity contribution in [2.75, 3.05) is 33.0 Å². The highest BCUT2D eigenvalue weighted by molar-refractivity contribution is 5.68. The van der Waals surface area contributed by atoms with E-state index in [2.05, 4.69) is 0 Å². The summed E-state index contributed by atoms with van der Waals surface area (Å²) in [5, 5.41) is 8.71. The minimum Gasteiger partial charge on any atom is -0.480 e. The molecule has 128 valence electrons. The third kappa shape index (κ3) is 3.57. The SMILES string of the molecule is CCC1(ON)OCC2(CO1)COC(CC)(OCC(=O)O)OC2. The highest BCUT2D eigenvalue weighted by Gasteiger charge is 2.51. The minimum atomic E-state index is -1.34. The highest BCUT2D eigenvalue weighted by atomic mass is 16.9. The van der Waals surface area contributed by atoms with Gasteiger partial charge in [-0.25, -0.2) is 15.5 Å². The molecule has 0 radical (unpaired) electrons. The van der Waals surface area contributed by atoms with E-state index >= 15 is 0 Å². The Morgan fingerprint density at radius 3 is 1.86 bits per heavy atom. The van der Waals surface area contributed by atoms with Crippen LogP contribution in [0, 0.1) is 5.41 Å². The van der Waals surface area contributed by atoms with Crippen molar-refractivity contribution >= 4 is 5.97 Å². The maximum Gasteiger partial charge on any atom is 0.329 e. The van der Waals surface area contributed by atoms with Crippen LogP contribution in [0.25, 0.3) is 0 Å². The first kappa shape index (κ1) is 17.5. The summed E-state index contributed by atoms with van der Waals surface area (Å²) in [6, 6.07) is 0. The lowest BCUT2D eigenvalue weighted by Crippen LogP contribution is -2.60. The monoisotopic (exact) mass is 321 g/mol. The Kier molecular flexibility index (Phi) is 5.38. The number of ether oxygens (including phenoxy) is 5. The van der Waals surface area contributed by atoms with E-state index in [0.29, 0.717) is 12.8 Å². The lowest BCUT2D eigenvalue weighted by atomic mass is 9.90. The van der Waals surface area contributed by atoms with Crippen LogP contribution in [-0.2, 0) is 33.3 Å². The summed E-state index contributed by atoms with van der Waals surface area (Å²) >= 11 is 0. The molecule has 2 aliphatic heterocycles. The summed E-state index contributed by atoms with van der Waals surface area (Å²) in [6.45, 7) is 4.22. The quantitative estimate of drug-likeness (QED) is 0.660. The standard InChI is InChI=1S/C13H23NO8/c1-3-12(17-5-10(15)16)18-6-11(7-19-12)8-20-13(4-2,22-14)21-9-11/h3-9,14H2,1-2H3,(H,15,16). The molecule has 2 aliphatic rings. The predicted octanol–water partition coefficient (Wildman–Crippen LogP) is 0.186. The lowest BCUT2D eigenvalue weighted by Gasteiger charge is -2.49. The first-order valence-corrected chi connectivity index (χ1v) is 7.22. The molecule has 0 bridgehead atoms. The van der Waals surface area contributed by atoms with Gasteiger partial charge in [0, 0.05) is 12.8 Å². The molecule has 9 nitrogen and oxygen atoms in total. The van der Waals surface area contributed by atoms with E-state index in [-0.39, 0.29) is 26.4 Å². The second-order valence-electron chi connectivity index (χ2n) is 5.53. The Labute approximate surface area is 128 Å². The first-order chi connectivity index (χ1) is 10.4. The first-order valence-electron chi connectivity index (χ1n) is 7.22. The van der Waals surface area contributed by atoms with Crippen LogP contribution in [0.1, 0.15) is 26.7 Å². The van der Waals surface area contributed by atoms with E-state index in [1.165, 1.54) is 0 Å². The second-order valence-corrected chi connectivity index (χ2v) is 5.53. The van der Waals surface area contributed by atoms with Crippen LogP contribution >= 0.6 is 0 Å². The number of rotatable bonds is 6. The minimum absolute atomic E-state index is 0.255. The van der Waals surface area contributed by atoms with Crippen LogP contribution in [0.5, 0.6) is 0 Å². The maximum atomic E-state index is 10.6. The maximum absolute atomic E-state index is 10.6. The summed E-state index contributed by atoms with van der Waals surface area (Å²) in [5.74, 6) is 1.55. The van der Waals surface area contributed by atoms with Gasteiger partial charge in [-0.1, -0.05) is 13.8 Å². The molecule has 2 saturated heterocycles. The molecule has 0 aromatic carbocycles. The van der Waals surface area contributed by atoms with Gasteiger partial charge in [-0.15, -0.1) is 0 Å². The van der Waals surface area contributed by atoms with Gasteiger partial charge in [0.2, 0.25) is 0 Å². The fourth-order valence-corrected chi connectivity index (χ4v) is 2.30.